The average Bonchev–Trinajstić information content (AvgIpc) is 2.89. The second-order valence-corrected chi connectivity index (χ2v) is 4.46. The summed E-state index contributed by atoms with van der Waals surface area (Å²) in [6.07, 6.45) is 0.858. The van der Waals surface area contributed by atoms with Crippen LogP contribution in [0.2, 0.25) is 0 Å². The summed E-state index contributed by atoms with van der Waals surface area (Å²) in [6, 6.07) is 14.9. The van der Waals surface area contributed by atoms with E-state index in [2.05, 4.69) is 9.97 Å². The fourth-order valence-electron chi connectivity index (χ4n) is 2.13. The lowest BCUT2D eigenvalue weighted by atomic mass is 10.0. The lowest BCUT2D eigenvalue weighted by molar-refractivity contribution is 0.103. The summed E-state index contributed by atoms with van der Waals surface area (Å²) >= 11 is 0. The molecular formula is C16H14N2O. The van der Waals surface area contributed by atoms with Crippen molar-refractivity contribution >= 4 is 16.8 Å². The molecule has 3 nitrogen and oxygen atoms in total. The zero-order chi connectivity index (χ0) is 13.2. The first-order valence-corrected chi connectivity index (χ1v) is 6.36. The predicted octanol–water partition coefficient (Wildman–Crippen LogP) is 3.36. The fourth-order valence-corrected chi connectivity index (χ4v) is 2.13. The Kier molecular flexibility index (Phi) is 2.88. The first-order valence-electron chi connectivity index (χ1n) is 6.36. The average molecular weight is 250 g/mol. The van der Waals surface area contributed by atoms with Gasteiger partial charge in [-0.1, -0.05) is 37.3 Å². The zero-order valence-corrected chi connectivity index (χ0v) is 10.7. The van der Waals surface area contributed by atoms with Crippen molar-refractivity contribution in [1.29, 1.82) is 0 Å². The SMILES string of the molecule is CCc1nc2ccc(C(=O)c3ccccc3)cc2[nH]1. The standard InChI is InChI=1S/C16H14N2O/c1-2-15-17-13-9-8-12(10-14(13)18-15)16(19)11-6-4-3-5-7-11/h3-10H,2H2,1H3,(H,17,18). The van der Waals surface area contributed by atoms with Crippen LogP contribution in [0.5, 0.6) is 0 Å². The highest BCUT2D eigenvalue weighted by Crippen LogP contribution is 2.17. The minimum atomic E-state index is 0.0372. The van der Waals surface area contributed by atoms with E-state index in [0.29, 0.717) is 11.1 Å². The Morgan fingerprint density at radius 2 is 1.89 bits per heavy atom. The highest BCUT2D eigenvalue weighted by Gasteiger charge is 2.10. The summed E-state index contributed by atoms with van der Waals surface area (Å²) in [7, 11) is 0. The molecular weight excluding hydrogens is 236 g/mol. The number of aromatic nitrogens is 2. The summed E-state index contributed by atoms with van der Waals surface area (Å²) in [5.41, 5.74) is 3.21. The minimum absolute atomic E-state index is 0.0372. The van der Waals surface area contributed by atoms with Crippen molar-refractivity contribution in [3.05, 3.63) is 65.5 Å². The Hall–Kier alpha value is -2.42. The number of hydrogen-bond donors (Lipinski definition) is 1. The van der Waals surface area contributed by atoms with Gasteiger partial charge in [0, 0.05) is 17.5 Å². The van der Waals surface area contributed by atoms with Crippen LogP contribution >= 0.6 is 0 Å². The molecule has 3 heteroatoms. The summed E-state index contributed by atoms with van der Waals surface area (Å²) in [4.78, 5) is 20.0. The largest absolute Gasteiger partial charge is 0.342 e. The van der Waals surface area contributed by atoms with Gasteiger partial charge in [-0.25, -0.2) is 4.98 Å². The lowest BCUT2D eigenvalue weighted by Gasteiger charge is -2.00. The highest BCUT2D eigenvalue weighted by molar-refractivity contribution is 6.10. The number of benzene rings is 2. The van der Waals surface area contributed by atoms with E-state index in [-0.39, 0.29) is 5.78 Å². The molecule has 1 heterocycles. The number of aromatic amines is 1. The number of fused-ring (bicyclic) bond motifs is 1. The number of aryl methyl sites for hydroxylation is 1. The Morgan fingerprint density at radius 1 is 1.11 bits per heavy atom. The first-order chi connectivity index (χ1) is 9.28. The van der Waals surface area contributed by atoms with Gasteiger partial charge in [-0.15, -0.1) is 0 Å². The van der Waals surface area contributed by atoms with Crippen molar-refractivity contribution in [3.8, 4) is 0 Å². The molecule has 0 saturated heterocycles. The summed E-state index contributed by atoms with van der Waals surface area (Å²) in [6.45, 7) is 2.05. The van der Waals surface area contributed by atoms with Crippen LogP contribution in [0.25, 0.3) is 11.0 Å². The molecule has 0 saturated carbocycles. The Bertz CT molecular complexity index is 729. The Labute approximate surface area is 111 Å². The van der Waals surface area contributed by atoms with E-state index >= 15 is 0 Å². The normalized spacial score (nSPS) is 10.8. The number of carbonyl (C=O) groups excluding carboxylic acids is 1. The van der Waals surface area contributed by atoms with E-state index in [1.165, 1.54) is 0 Å². The lowest BCUT2D eigenvalue weighted by Crippen LogP contribution is -2.00. The third kappa shape index (κ3) is 2.15. The summed E-state index contributed by atoms with van der Waals surface area (Å²) < 4.78 is 0. The second kappa shape index (κ2) is 4.69. The monoisotopic (exact) mass is 250 g/mol. The van der Waals surface area contributed by atoms with Crippen LogP contribution in [0.15, 0.2) is 48.5 Å². The van der Waals surface area contributed by atoms with Crippen LogP contribution in [-0.2, 0) is 6.42 Å². The van der Waals surface area contributed by atoms with Crippen LogP contribution in [0, 0.1) is 0 Å². The summed E-state index contributed by atoms with van der Waals surface area (Å²) in [5, 5.41) is 0. The predicted molar refractivity (Wildman–Crippen MR) is 75.3 cm³/mol. The Morgan fingerprint density at radius 3 is 2.63 bits per heavy atom. The van der Waals surface area contributed by atoms with Gasteiger partial charge in [-0.05, 0) is 18.2 Å². The highest BCUT2D eigenvalue weighted by atomic mass is 16.1. The third-order valence-electron chi connectivity index (χ3n) is 3.16. The van der Waals surface area contributed by atoms with Crippen LogP contribution in [0.4, 0.5) is 0 Å². The maximum absolute atomic E-state index is 12.3. The molecule has 0 radical (unpaired) electrons. The van der Waals surface area contributed by atoms with Crippen LogP contribution in [0.3, 0.4) is 0 Å². The van der Waals surface area contributed by atoms with E-state index in [1.807, 2.05) is 55.5 Å². The van der Waals surface area contributed by atoms with Gasteiger partial charge in [-0.3, -0.25) is 4.79 Å². The molecule has 2 aromatic carbocycles. The van der Waals surface area contributed by atoms with Crippen molar-refractivity contribution in [2.24, 2.45) is 0 Å². The number of imidazole rings is 1. The molecule has 0 fully saturated rings. The molecule has 0 aliphatic carbocycles. The quantitative estimate of drug-likeness (QED) is 0.724. The van der Waals surface area contributed by atoms with Gasteiger partial charge in [0.05, 0.1) is 11.0 Å². The smallest absolute Gasteiger partial charge is 0.193 e. The number of hydrogen-bond acceptors (Lipinski definition) is 2. The van der Waals surface area contributed by atoms with Crippen LogP contribution in [0.1, 0.15) is 28.7 Å². The van der Waals surface area contributed by atoms with E-state index in [1.54, 1.807) is 0 Å². The molecule has 0 bridgehead atoms. The van der Waals surface area contributed by atoms with Gasteiger partial charge in [0.2, 0.25) is 0 Å². The molecule has 0 aliphatic heterocycles. The molecule has 19 heavy (non-hydrogen) atoms. The van der Waals surface area contributed by atoms with Gasteiger partial charge in [0.1, 0.15) is 5.82 Å². The van der Waals surface area contributed by atoms with Gasteiger partial charge in [-0.2, -0.15) is 0 Å². The van der Waals surface area contributed by atoms with Crippen molar-refractivity contribution in [2.45, 2.75) is 13.3 Å². The van der Waals surface area contributed by atoms with Crippen molar-refractivity contribution in [1.82, 2.24) is 9.97 Å². The zero-order valence-electron chi connectivity index (χ0n) is 10.7. The maximum atomic E-state index is 12.3. The van der Waals surface area contributed by atoms with Crippen molar-refractivity contribution in [3.63, 3.8) is 0 Å². The number of nitrogens with one attached hydrogen (secondary N) is 1. The van der Waals surface area contributed by atoms with Crippen LogP contribution < -0.4 is 0 Å². The second-order valence-electron chi connectivity index (χ2n) is 4.46. The molecule has 0 atom stereocenters. The van der Waals surface area contributed by atoms with Crippen molar-refractivity contribution < 1.29 is 4.79 Å². The molecule has 1 aromatic heterocycles. The number of rotatable bonds is 3. The minimum Gasteiger partial charge on any atom is -0.342 e. The molecule has 0 amide bonds. The van der Waals surface area contributed by atoms with E-state index in [4.69, 9.17) is 0 Å². The van der Waals surface area contributed by atoms with Gasteiger partial charge in [0.15, 0.2) is 5.78 Å². The molecule has 0 unspecified atom stereocenters. The fraction of sp³-hybridized carbons (Fsp3) is 0.125. The van der Waals surface area contributed by atoms with Crippen LogP contribution in [-0.4, -0.2) is 15.8 Å². The van der Waals surface area contributed by atoms with Crippen molar-refractivity contribution in [2.75, 3.05) is 0 Å². The third-order valence-corrected chi connectivity index (χ3v) is 3.16. The summed E-state index contributed by atoms with van der Waals surface area (Å²) in [5.74, 6) is 0.981. The molecule has 94 valence electrons. The van der Waals surface area contributed by atoms with Gasteiger partial charge in [0.25, 0.3) is 0 Å². The van der Waals surface area contributed by atoms with E-state index in [0.717, 1.165) is 23.3 Å². The number of nitrogens with zero attached hydrogens (tertiary/aromatic N) is 1. The van der Waals surface area contributed by atoms with E-state index in [9.17, 15) is 4.79 Å². The van der Waals surface area contributed by atoms with E-state index < -0.39 is 0 Å². The molecule has 3 aromatic rings. The topological polar surface area (TPSA) is 45.8 Å². The maximum Gasteiger partial charge on any atom is 0.193 e. The number of H-pyrrole nitrogens is 1. The molecule has 1 N–H and O–H groups in total. The number of carbonyl (C=O) groups is 1. The molecule has 0 aliphatic rings. The number of ketones is 1. The Balaban J connectivity index is 2.03. The van der Waals surface area contributed by atoms with Gasteiger partial charge < -0.3 is 4.98 Å². The first kappa shape index (κ1) is 11.7. The molecule has 0 spiro atoms. The van der Waals surface area contributed by atoms with Gasteiger partial charge >= 0.3 is 0 Å². The molecule has 3 rings (SSSR count).